The van der Waals surface area contributed by atoms with E-state index < -0.39 is 0 Å². The summed E-state index contributed by atoms with van der Waals surface area (Å²) in [5.74, 6) is 0.951. The fourth-order valence-corrected chi connectivity index (χ4v) is 4.07. The van der Waals surface area contributed by atoms with E-state index in [2.05, 4.69) is 30.1 Å². The molecule has 1 fully saturated rings. The Balaban J connectivity index is 1.99. The lowest BCUT2D eigenvalue weighted by molar-refractivity contribution is 0.584. The van der Waals surface area contributed by atoms with Gasteiger partial charge in [0.1, 0.15) is 5.82 Å². The molecule has 1 aliphatic carbocycles. The Labute approximate surface area is 120 Å². The summed E-state index contributed by atoms with van der Waals surface area (Å²) in [4.78, 5) is 0. The van der Waals surface area contributed by atoms with Crippen molar-refractivity contribution in [3.8, 4) is 0 Å². The Kier molecular flexibility index (Phi) is 5.71. The normalized spacial score (nSPS) is 17.8. The lowest BCUT2D eigenvalue weighted by atomic mass is 10.1. The molecule has 1 aliphatic rings. The topological polar surface area (TPSA) is 12.0 Å². The molecule has 1 saturated carbocycles. The van der Waals surface area contributed by atoms with Gasteiger partial charge in [0.2, 0.25) is 0 Å². The summed E-state index contributed by atoms with van der Waals surface area (Å²) in [5.41, 5.74) is 1.80. The summed E-state index contributed by atoms with van der Waals surface area (Å²) in [6, 6.07) is 5.90. The molecule has 2 rings (SSSR count). The summed E-state index contributed by atoms with van der Waals surface area (Å²) >= 11 is 2.05. The number of halogens is 1. The predicted molar refractivity (Wildman–Crippen MR) is 82.3 cm³/mol. The minimum absolute atomic E-state index is 0.0914. The number of rotatable bonds is 6. The highest BCUT2D eigenvalue weighted by atomic mass is 32.2. The second-order valence-corrected chi connectivity index (χ2v) is 6.69. The number of hydrogen-bond donors (Lipinski definition) is 1. The standard InChI is InChI=1S/C16H24FNS/c1-3-18-16(11-19-14-6-4-5-7-14)13-9-8-12(2)15(17)10-13/h8-10,14,16,18H,3-7,11H2,1-2H3. The minimum atomic E-state index is -0.0914. The zero-order valence-electron chi connectivity index (χ0n) is 11.9. The van der Waals surface area contributed by atoms with E-state index in [9.17, 15) is 4.39 Å². The average Bonchev–Trinajstić information content (AvgIpc) is 2.91. The van der Waals surface area contributed by atoms with Crippen molar-refractivity contribution in [2.45, 2.75) is 50.8 Å². The van der Waals surface area contributed by atoms with Gasteiger partial charge >= 0.3 is 0 Å². The van der Waals surface area contributed by atoms with Gasteiger partial charge in [0.05, 0.1) is 0 Å². The van der Waals surface area contributed by atoms with E-state index in [4.69, 9.17) is 0 Å². The second-order valence-electron chi connectivity index (χ2n) is 5.36. The summed E-state index contributed by atoms with van der Waals surface area (Å²) in [6.07, 6.45) is 5.46. The van der Waals surface area contributed by atoms with Gasteiger partial charge in [0.25, 0.3) is 0 Å². The minimum Gasteiger partial charge on any atom is -0.310 e. The maximum absolute atomic E-state index is 13.7. The molecule has 0 bridgehead atoms. The third-order valence-corrected chi connectivity index (χ3v) is 5.32. The molecule has 1 aromatic rings. The molecule has 0 aliphatic heterocycles. The van der Waals surface area contributed by atoms with Crippen molar-refractivity contribution in [1.82, 2.24) is 5.32 Å². The fourth-order valence-electron chi connectivity index (χ4n) is 2.63. The van der Waals surface area contributed by atoms with Crippen LogP contribution in [0, 0.1) is 12.7 Å². The largest absolute Gasteiger partial charge is 0.310 e. The van der Waals surface area contributed by atoms with Crippen LogP contribution in [0.5, 0.6) is 0 Å². The highest BCUT2D eigenvalue weighted by Gasteiger charge is 2.18. The van der Waals surface area contributed by atoms with Crippen LogP contribution in [-0.2, 0) is 0 Å². The maximum atomic E-state index is 13.7. The van der Waals surface area contributed by atoms with Gasteiger partial charge in [0.15, 0.2) is 0 Å². The third-order valence-electron chi connectivity index (χ3n) is 3.85. The van der Waals surface area contributed by atoms with Crippen molar-refractivity contribution in [2.24, 2.45) is 0 Å². The molecule has 0 radical (unpaired) electrons. The first-order valence-electron chi connectivity index (χ1n) is 7.31. The van der Waals surface area contributed by atoms with E-state index >= 15 is 0 Å². The van der Waals surface area contributed by atoms with E-state index in [1.165, 1.54) is 25.7 Å². The van der Waals surface area contributed by atoms with E-state index in [1.54, 1.807) is 6.07 Å². The predicted octanol–water partition coefficient (Wildman–Crippen LogP) is 4.46. The number of hydrogen-bond acceptors (Lipinski definition) is 2. The van der Waals surface area contributed by atoms with Crippen molar-refractivity contribution < 1.29 is 4.39 Å². The number of benzene rings is 1. The molecule has 1 unspecified atom stereocenters. The molecule has 1 aromatic carbocycles. The molecule has 0 amide bonds. The Morgan fingerprint density at radius 3 is 2.74 bits per heavy atom. The number of nitrogens with one attached hydrogen (secondary N) is 1. The van der Waals surface area contributed by atoms with Gasteiger partial charge in [-0.2, -0.15) is 11.8 Å². The molecule has 3 heteroatoms. The SMILES string of the molecule is CCNC(CSC1CCCC1)c1ccc(C)c(F)c1. The lowest BCUT2D eigenvalue weighted by Gasteiger charge is -2.20. The Morgan fingerprint density at radius 1 is 1.37 bits per heavy atom. The fraction of sp³-hybridized carbons (Fsp3) is 0.625. The highest BCUT2D eigenvalue weighted by molar-refractivity contribution is 7.99. The van der Waals surface area contributed by atoms with Crippen LogP contribution in [0.2, 0.25) is 0 Å². The molecule has 1 atom stereocenters. The molecule has 0 heterocycles. The van der Waals surface area contributed by atoms with Gasteiger partial charge in [-0.15, -0.1) is 0 Å². The molecule has 0 saturated heterocycles. The molecule has 1 nitrogen and oxygen atoms in total. The van der Waals surface area contributed by atoms with E-state index in [0.29, 0.717) is 0 Å². The van der Waals surface area contributed by atoms with Crippen LogP contribution in [0.1, 0.15) is 49.8 Å². The first-order valence-corrected chi connectivity index (χ1v) is 8.36. The maximum Gasteiger partial charge on any atom is 0.126 e. The van der Waals surface area contributed by atoms with Crippen LogP contribution in [0.4, 0.5) is 4.39 Å². The molecule has 0 aromatic heterocycles. The van der Waals surface area contributed by atoms with Crippen LogP contribution >= 0.6 is 11.8 Å². The van der Waals surface area contributed by atoms with Gasteiger partial charge in [0, 0.05) is 17.0 Å². The summed E-state index contributed by atoms with van der Waals surface area (Å²) in [7, 11) is 0. The van der Waals surface area contributed by atoms with Crippen molar-refractivity contribution in [2.75, 3.05) is 12.3 Å². The van der Waals surface area contributed by atoms with Crippen molar-refractivity contribution in [1.29, 1.82) is 0 Å². The quantitative estimate of drug-likeness (QED) is 0.826. The van der Waals surface area contributed by atoms with E-state index in [1.807, 2.05) is 13.0 Å². The number of thioether (sulfide) groups is 1. The zero-order valence-corrected chi connectivity index (χ0v) is 12.7. The lowest BCUT2D eigenvalue weighted by Crippen LogP contribution is -2.24. The molecule has 106 valence electrons. The first-order chi connectivity index (χ1) is 9.20. The molecular weight excluding hydrogens is 257 g/mol. The van der Waals surface area contributed by atoms with Crippen LogP contribution in [0.3, 0.4) is 0 Å². The number of aryl methyl sites for hydroxylation is 1. The average molecular weight is 281 g/mol. The van der Waals surface area contributed by atoms with Crippen molar-refractivity contribution in [3.05, 3.63) is 35.1 Å². The Hall–Kier alpha value is -0.540. The van der Waals surface area contributed by atoms with Gasteiger partial charge in [-0.05, 0) is 43.5 Å². The monoisotopic (exact) mass is 281 g/mol. The second kappa shape index (κ2) is 7.30. The molecular formula is C16H24FNS. The molecule has 1 N–H and O–H groups in total. The van der Waals surface area contributed by atoms with Crippen LogP contribution in [0.25, 0.3) is 0 Å². The van der Waals surface area contributed by atoms with Crippen LogP contribution in [0.15, 0.2) is 18.2 Å². The van der Waals surface area contributed by atoms with Crippen LogP contribution < -0.4 is 5.32 Å². The van der Waals surface area contributed by atoms with E-state index in [0.717, 1.165) is 28.7 Å². The van der Waals surface area contributed by atoms with Crippen molar-refractivity contribution in [3.63, 3.8) is 0 Å². The van der Waals surface area contributed by atoms with Crippen LogP contribution in [-0.4, -0.2) is 17.5 Å². The van der Waals surface area contributed by atoms with Gasteiger partial charge in [-0.1, -0.05) is 31.9 Å². The Bertz CT molecular complexity index is 402. The highest BCUT2D eigenvalue weighted by Crippen LogP contribution is 2.32. The summed E-state index contributed by atoms with van der Waals surface area (Å²) < 4.78 is 13.7. The molecule has 19 heavy (non-hydrogen) atoms. The van der Waals surface area contributed by atoms with Gasteiger partial charge < -0.3 is 5.32 Å². The van der Waals surface area contributed by atoms with E-state index in [-0.39, 0.29) is 11.9 Å². The first kappa shape index (κ1) is 14.9. The Morgan fingerprint density at radius 2 is 2.11 bits per heavy atom. The van der Waals surface area contributed by atoms with Gasteiger partial charge in [-0.3, -0.25) is 0 Å². The summed E-state index contributed by atoms with van der Waals surface area (Å²) in [5, 5.41) is 4.30. The smallest absolute Gasteiger partial charge is 0.126 e. The summed E-state index contributed by atoms with van der Waals surface area (Å²) in [6.45, 7) is 4.85. The zero-order chi connectivity index (χ0) is 13.7. The van der Waals surface area contributed by atoms with Crippen molar-refractivity contribution >= 4 is 11.8 Å². The third kappa shape index (κ3) is 4.22. The van der Waals surface area contributed by atoms with Gasteiger partial charge in [-0.25, -0.2) is 4.39 Å². The molecule has 0 spiro atoms.